The predicted octanol–water partition coefficient (Wildman–Crippen LogP) is -0.521. The van der Waals surface area contributed by atoms with Crippen LogP contribution in [0.25, 0.3) is 0 Å². The van der Waals surface area contributed by atoms with Gasteiger partial charge in [0, 0.05) is 19.7 Å². The highest BCUT2D eigenvalue weighted by molar-refractivity contribution is 5.85. The van der Waals surface area contributed by atoms with Crippen LogP contribution in [0.3, 0.4) is 0 Å². The van der Waals surface area contributed by atoms with Crippen molar-refractivity contribution in [1.82, 2.24) is 10.2 Å². The minimum Gasteiger partial charge on any atom is -0.376 e. The first-order valence-corrected chi connectivity index (χ1v) is 6.53. The predicted molar refractivity (Wildman–Crippen MR) is 67.9 cm³/mol. The first kappa shape index (κ1) is 14.9. The molecule has 0 spiro atoms. The van der Waals surface area contributed by atoms with Gasteiger partial charge in [0.05, 0.1) is 19.2 Å². The van der Waals surface area contributed by atoms with E-state index in [-0.39, 0.29) is 31.0 Å². The van der Waals surface area contributed by atoms with Crippen molar-refractivity contribution in [3.63, 3.8) is 0 Å². The van der Waals surface area contributed by atoms with Gasteiger partial charge in [0.25, 0.3) is 0 Å². The van der Waals surface area contributed by atoms with Gasteiger partial charge in [-0.2, -0.15) is 0 Å². The third-order valence-corrected chi connectivity index (χ3v) is 2.91. The Bertz CT molecular complexity index is 284. The molecule has 6 heteroatoms. The Kier molecular flexibility index (Phi) is 6.67. The normalized spacial score (nSPS) is 19.7. The molecule has 1 atom stereocenters. The number of nitrogens with one attached hydrogen (secondary N) is 1. The molecular weight excluding hydrogens is 234 g/mol. The molecular formula is C12H23N3O3. The minimum absolute atomic E-state index is 0.0243. The summed E-state index contributed by atoms with van der Waals surface area (Å²) in [5, 5.41) is 2.49. The van der Waals surface area contributed by atoms with Gasteiger partial charge in [-0.1, -0.05) is 6.92 Å². The Morgan fingerprint density at radius 1 is 1.50 bits per heavy atom. The van der Waals surface area contributed by atoms with E-state index in [0.717, 1.165) is 32.4 Å². The van der Waals surface area contributed by atoms with Gasteiger partial charge in [0.1, 0.15) is 0 Å². The Labute approximate surface area is 108 Å². The van der Waals surface area contributed by atoms with Gasteiger partial charge in [-0.25, -0.2) is 0 Å². The molecule has 1 fully saturated rings. The Morgan fingerprint density at radius 3 is 2.94 bits per heavy atom. The molecule has 6 nitrogen and oxygen atoms in total. The van der Waals surface area contributed by atoms with Crippen LogP contribution in [0.4, 0.5) is 0 Å². The van der Waals surface area contributed by atoms with Crippen LogP contribution in [-0.2, 0) is 14.3 Å². The number of nitrogens with zero attached hydrogens (tertiary/aromatic N) is 1. The van der Waals surface area contributed by atoms with Crippen molar-refractivity contribution in [3.8, 4) is 0 Å². The summed E-state index contributed by atoms with van der Waals surface area (Å²) in [6.45, 7) is 4.09. The molecule has 0 aromatic carbocycles. The summed E-state index contributed by atoms with van der Waals surface area (Å²) in [6.07, 6.45) is 3.06. The van der Waals surface area contributed by atoms with Crippen LogP contribution < -0.4 is 11.1 Å². The van der Waals surface area contributed by atoms with Gasteiger partial charge in [-0.3, -0.25) is 9.59 Å². The van der Waals surface area contributed by atoms with Crippen LogP contribution in [0.5, 0.6) is 0 Å². The number of ether oxygens (including phenoxy) is 1. The molecule has 0 radical (unpaired) electrons. The maximum Gasteiger partial charge on any atom is 0.242 e. The number of rotatable bonds is 6. The van der Waals surface area contributed by atoms with Crippen LogP contribution in [0.2, 0.25) is 0 Å². The van der Waals surface area contributed by atoms with Gasteiger partial charge in [-0.15, -0.1) is 0 Å². The van der Waals surface area contributed by atoms with Gasteiger partial charge in [-0.05, 0) is 19.3 Å². The van der Waals surface area contributed by atoms with Crippen LogP contribution in [0.15, 0.2) is 0 Å². The summed E-state index contributed by atoms with van der Waals surface area (Å²) in [5.74, 6) is -0.374. The van der Waals surface area contributed by atoms with E-state index in [4.69, 9.17) is 10.5 Å². The SMILES string of the molecule is CCCOC1CCCN(C(=O)CNC(=O)CN)C1. The van der Waals surface area contributed by atoms with Gasteiger partial charge >= 0.3 is 0 Å². The lowest BCUT2D eigenvalue weighted by molar-refractivity contribution is -0.136. The largest absolute Gasteiger partial charge is 0.376 e. The maximum absolute atomic E-state index is 11.9. The molecule has 104 valence electrons. The number of hydrogen-bond acceptors (Lipinski definition) is 4. The molecule has 1 rings (SSSR count). The van der Waals surface area contributed by atoms with Gasteiger partial charge < -0.3 is 20.7 Å². The molecule has 1 unspecified atom stereocenters. The summed E-state index contributed by atoms with van der Waals surface area (Å²) >= 11 is 0. The molecule has 1 heterocycles. The zero-order chi connectivity index (χ0) is 13.4. The molecule has 0 aromatic rings. The molecule has 3 N–H and O–H groups in total. The number of likely N-dealkylation sites (tertiary alicyclic amines) is 1. The Hall–Kier alpha value is -1.14. The van der Waals surface area contributed by atoms with E-state index in [1.54, 1.807) is 4.90 Å². The summed E-state index contributed by atoms with van der Waals surface area (Å²) in [5.41, 5.74) is 5.16. The molecule has 0 saturated carbocycles. The van der Waals surface area contributed by atoms with E-state index in [0.29, 0.717) is 6.54 Å². The summed E-state index contributed by atoms with van der Waals surface area (Å²) in [6, 6.07) is 0. The molecule has 1 aliphatic heterocycles. The van der Waals surface area contributed by atoms with E-state index in [1.165, 1.54) is 0 Å². The quantitative estimate of drug-likeness (QED) is 0.670. The summed E-state index contributed by atoms with van der Waals surface area (Å²) in [7, 11) is 0. The average molecular weight is 257 g/mol. The fourth-order valence-corrected chi connectivity index (χ4v) is 1.94. The third kappa shape index (κ3) is 5.01. The van der Waals surface area contributed by atoms with Crippen LogP contribution >= 0.6 is 0 Å². The lowest BCUT2D eigenvalue weighted by Gasteiger charge is -2.32. The van der Waals surface area contributed by atoms with E-state index in [1.807, 2.05) is 0 Å². The van der Waals surface area contributed by atoms with Crippen molar-refractivity contribution < 1.29 is 14.3 Å². The number of nitrogens with two attached hydrogens (primary N) is 1. The molecule has 18 heavy (non-hydrogen) atoms. The monoisotopic (exact) mass is 257 g/mol. The molecule has 0 aliphatic carbocycles. The molecule has 2 amide bonds. The highest BCUT2D eigenvalue weighted by atomic mass is 16.5. The second-order valence-corrected chi connectivity index (χ2v) is 4.46. The second kappa shape index (κ2) is 8.05. The van der Waals surface area contributed by atoms with Gasteiger partial charge in [0.15, 0.2) is 0 Å². The second-order valence-electron chi connectivity index (χ2n) is 4.46. The standard InChI is InChI=1S/C12H23N3O3/c1-2-6-18-10-4-3-5-15(9-10)12(17)8-14-11(16)7-13/h10H,2-9,13H2,1H3,(H,14,16). The molecule has 0 aromatic heterocycles. The number of carbonyl (C=O) groups is 2. The zero-order valence-electron chi connectivity index (χ0n) is 11.0. The van der Waals surface area contributed by atoms with Crippen LogP contribution in [-0.4, -0.2) is 55.6 Å². The first-order valence-electron chi connectivity index (χ1n) is 6.53. The van der Waals surface area contributed by atoms with Crippen molar-refractivity contribution in [2.45, 2.75) is 32.3 Å². The topological polar surface area (TPSA) is 84.7 Å². The number of hydrogen-bond donors (Lipinski definition) is 2. The summed E-state index contributed by atoms with van der Waals surface area (Å²) < 4.78 is 5.66. The van der Waals surface area contributed by atoms with Crippen molar-refractivity contribution in [2.75, 3.05) is 32.8 Å². The van der Waals surface area contributed by atoms with Gasteiger partial charge in [0.2, 0.25) is 11.8 Å². The first-order chi connectivity index (χ1) is 8.67. The number of amides is 2. The van der Waals surface area contributed by atoms with E-state index >= 15 is 0 Å². The number of piperidine rings is 1. The van der Waals surface area contributed by atoms with Crippen molar-refractivity contribution >= 4 is 11.8 Å². The highest BCUT2D eigenvalue weighted by Crippen LogP contribution is 2.13. The Morgan fingerprint density at radius 2 is 2.28 bits per heavy atom. The summed E-state index contributed by atoms with van der Waals surface area (Å²) in [4.78, 5) is 24.6. The van der Waals surface area contributed by atoms with Crippen LogP contribution in [0, 0.1) is 0 Å². The fraction of sp³-hybridized carbons (Fsp3) is 0.833. The highest BCUT2D eigenvalue weighted by Gasteiger charge is 2.23. The van der Waals surface area contributed by atoms with E-state index in [2.05, 4.69) is 12.2 Å². The van der Waals surface area contributed by atoms with Crippen LogP contribution in [0.1, 0.15) is 26.2 Å². The van der Waals surface area contributed by atoms with E-state index < -0.39 is 0 Å². The van der Waals surface area contributed by atoms with Crippen molar-refractivity contribution in [1.29, 1.82) is 0 Å². The third-order valence-electron chi connectivity index (χ3n) is 2.91. The maximum atomic E-state index is 11.9. The lowest BCUT2D eigenvalue weighted by atomic mass is 10.1. The fourth-order valence-electron chi connectivity index (χ4n) is 1.94. The minimum atomic E-state index is -0.306. The zero-order valence-corrected chi connectivity index (χ0v) is 11.0. The average Bonchev–Trinajstić information content (AvgIpc) is 2.42. The van der Waals surface area contributed by atoms with Crippen molar-refractivity contribution in [3.05, 3.63) is 0 Å². The molecule has 1 aliphatic rings. The number of carbonyl (C=O) groups excluding carboxylic acids is 2. The molecule has 0 bridgehead atoms. The molecule has 1 saturated heterocycles. The Balaban J connectivity index is 2.31. The van der Waals surface area contributed by atoms with E-state index in [9.17, 15) is 9.59 Å². The lowest BCUT2D eigenvalue weighted by Crippen LogP contribution is -2.47. The van der Waals surface area contributed by atoms with Crippen molar-refractivity contribution in [2.24, 2.45) is 5.73 Å². The smallest absolute Gasteiger partial charge is 0.242 e.